The van der Waals surface area contributed by atoms with Gasteiger partial charge >= 0.3 is 5.97 Å². The zero-order chi connectivity index (χ0) is 7.98. The van der Waals surface area contributed by atoms with Crippen molar-refractivity contribution in [2.24, 2.45) is 0 Å². The second-order valence-electron chi connectivity index (χ2n) is 1.82. The van der Waals surface area contributed by atoms with E-state index in [0.29, 0.717) is 0 Å². The Morgan fingerprint density at radius 1 is 2.00 bits per heavy atom. The Hall–Kier alpha value is -0.870. The van der Waals surface area contributed by atoms with E-state index in [1.54, 1.807) is 6.92 Å². The lowest BCUT2D eigenvalue weighted by Gasteiger charge is -2.04. The first-order valence-electron chi connectivity index (χ1n) is 2.91. The van der Waals surface area contributed by atoms with Gasteiger partial charge in [-0.2, -0.15) is 5.48 Å². The Balaban J connectivity index is 3.19. The predicted octanol–water partition coefficient (Wildman–Crippen LogP) is -0.399. The average Bonchev–Trinajstić information content (AvgIpc) is 1.87. The predicted molar refractivity (Wildman–Crippen MR) is 36.0 cm³/mol. The molecule has 0 rings (SSSR count). The Bertz CT molecular complexity index is 122. The summed E-state index contributed by atoms with van der Waals surface area (Å²) in [6, 6.07) is 0. The highest BCUT2D eigenvalue weighted by Gasteiger charge is 1.96. The molecular formula is C6H11NO3. The molecule has 0 spiro atoms. The van der Waals surface area contributed by atoms with Crippen LogP contribution >= 0.6 is 0 Å². The largest absolute Gasteiger partial charge is 0.392 e. The molecule has 58 valence electrons. The van der Waals surface area contributed by atoms with Crippen molar-refractivity contribution in [3.05, 3.63) is 12.7 Å². The summed E-state index contributed by atoms with van der Waals surface area (Å²) in [6.45, 7) is 4.98. The number of hydroxylamine groups is 1. The van der Waals surface area contributed by atoms with Gasteiger partial charge in [-0.15, -0.1) is 0 Å². The van der Waals surface area contributed by atoms with E-state index in [1.807, 2.05) is 0 Å². The Labute approximate surface area is 59.4 Å². The van der Waals surface area contributed by atoms with Gasteiger partial charge in [0.1, 0.15) is 0 Å². The first-order chi connectivity index (χ1) is 4.66. The van der Waals surface area contributed by atoms with Crippen LogP contribution in [0.2, 0.25) is 0 Å². The summed E-state index contributed by atoms with van der Waals surface area (Å²) in [5, 5.41) is 8.66. The molecule has 0 heterocycles. The van der Waals surface area contributed by atoms with Gasteiger partial charge in [0.05, 0.1) is 12.6 Å². The van der Waals surface area contributed by atoms with E-state index in [2.05, 4.69) is 16.9 Å². The third-order valence-electron chi connectivity index (χ3n) is 0.718. The van der Waals surface area contributed by atoms with Crippen LogP contribution in [-0.4, -0.2) is 23.7 Å². The molecule has 0 aliphatic rings. The summed E-state index contributed by atoms with van der Waals surface area (Å²) in [4.78, 5) is 14.6. The maximum absolute atomic E-state index is 10.3. The van der Waals surface area contributed by atoms with Crippen LogP contribution in [0.25, 0.3) is 0 Å². The smallest absolute Gasteiger partial charge is 0.348 e. The fourth-order valence-electron chi connectivity index (χ4n) is 0.275. The Kier molecular flexibility index (Phi) is 4.53. The molecule has 2 N–H and O–H groups in total. The molecule has 4 heteroatoms. The summed E-state index contributed by atoms with van der Waals surface area (Å²) in [5.74, 6) is -0.555. The van der Waals surface area contributed by atoms with Crippen molar-refractivity contribution in [2.75, 3.05) is 6.54 Å². The minimum Gasteiger partial charge on any atom is -0.392 e. The van der Waals surface area contributed by atoms with Crippen molar-refractivity contribution in [2.45, 2.75) is 13.0 Å². The zero-order valence-corrected chi connectivity index (χ0v) is 5.83. The average molecular weight is 145 g/mol. The summed E-state index contributed by atoms with van der Waals surface area (Å²) in [7, 11) is 0. The quantitative estimate of drug-likeness (QED) is 0.417. The number of aliphatic hydroxyl groups is 1. The molecule has 1 unspecified atom stereocenters. The van der Waals surface area contributed by atoms with Gasteiger partial charge in [-0.1, -0.05) is 6.58 Å². The lowest BCUT2D eigenvalue weighted by Crippen LogP contribution is -2.26. The van der Waals surface area contributed by atoms with Gasteiger partial charge in [-0.05, 0) is 6.92 Å². The Morgan fingerprint density at radius 3 is 3.00 bits per heavy atom. The summed E-state index contributed by atoms with van der Waals surface area (Å²) in [6.07, 6.45) is 0.507. The molecule has 0 aromatic carbocycles. The van der Waals surface area contributed by atoms with Gasteiger partial charge in [0.2, 0.25) is 0 Å². The second kappa shape index (κ2) is 4.96. The van der Waals surface area contributed by atoms with E-state index >= 15 is 0 Å². The number of aliphatic hydroxyl groups excluding tert-OH is 1. The van der Waals surface area contributed by atoms with Crippen molar-refractivity contribution in [1.29, 1.82) is 0 Å². The van der Waals surface area contributed by atoms with E-state index in [1.165, 1.54) is 0 Å². The van der Waals surface area contributed by atoms with Crippen LogP contribution < -0.4 is 5.48 Å². The van der Waals surface area contributed by atoms with Gasteiger partial charge in [-0.3, -0.25) is 0 Å². The van der Waals surface area contributed by atoms with Crippen molar-refractivity contribution >= 4 is 5.97 Å². The highest BCUT2D eigenvalue weighted by atomic mass is 16.7. The molecular weight excluding hydrogens is 134 g/mol. The van der Waals surface area contributed by atoms with E-state index in [-0.39, 0.29) is 6.54 Å². The minimum atomic E-state index is -0.555. The van der Waals surface area contributed by atoms with Crippen LogP contribution in [-0.2, 0) is 9.63 Å². The highest BCUT2D eigenvalue weighted by molar-refractivity contribution is 5.80. The van der Waals surface area contributed by atoms with Crippen LogP contribution in [0.15, 0.2) is 12.7 Å². The fraction of sp³-hybridized carbons (Fsp3) is 0.500. The first kappa shape index (κ1) is 9.13. The number of hydrogen-bond donors (Lipinski definition) is 2. The van der Waals surface area contributed by atoms with Crippen LogP contribution in [0.5, 0.6) is 0 Å². The van der Waals surface area contributed by atoms with Crippen LogP contribution in [0.3, 0.4) is 0 Å². The number of nitrogens with one attached hydrogen (secondary N) is 1. The van der Waals surface area contributed by atoms with Gasteiger partial charge < -0.3 is 9.94 Å². The molecule has 0 saturated carbocycles. The number of rotatable bonds is 4. The molecule has 0 bridgehead atoms. The first-order valence-corrected chi connectivity index (χ1v) is 2.91. The lowest BCUT2D eigenvalue weighted by atomic mass is 10.4. The molecule has 0 fully saturated rings. The SMILES string of the molecule is C=CC(=O)ONCC(C)O. The summed E-state index contributed by atoms with van der Waals surface area (Å²) in [5.41, 5.74) is 2.26. The van der Waals surface area contributed by atoms with E-state index in [0.717, 1.165) is 6.08 Å². The lowest BCUT2D eigenvalue weighted by molar-refractivity contribution is -0.145. The maximum atomic E-state index is 10.3. The van der Waals surface area contributed by atoms with Crippen LogP contribution in [0.1, 0.15) is 6.92 Å². The molecule has 0 aliphatic heterocycles. The van der Waals surface area contributed by atoms with Crippen LogP contribution in [0, 0.1) is 0 Å². The second-order valence-corrected chi connectivity index (χ2v) is 1.82. The highest BCUT2D eigenvalue weighted by Crippen LogP contribution is 1.76. The van der Waals surface area contributed by atoms with Crippen LogP contribution in [0.4, 0.5) is 0 Å². The molecule has 0 aromatic heterocycles. The van der Waals surface area contributed by atoms with Gasteiger partial charge in [0.25, 0.3) is 0 Å². The summed E-state index contributed by atoms with van der Waals surface area (Å²) < 4.78 is 0. The topological polar surface area (TPSA) is 58.6 Å². The van der Waals surface area contributed by atoms with Crippen molar-refractivity contribution in [3.63, 3.8) is 0 Å². The third kappa shape index (κ3) is 5.27. The molecule has 0 aromatic rings. The van der Waals surface area contributed by atoms with E-state index in [4.69, 9.17) is 5.11 Å². The maximum Gasteiger partial charge on any atom is 0.348 e. The molecule has 0 aliphatic carbocycles. The molecule has 10 heavy (non-hydrogen) atoms. The fourth-order valence-corrected chi connectivity index (χ4v) is 0.275. The number of carbonyl (C=O) groups is 1. The van der Waals surface area contributed by atoms with Gasteiger partial charge in [0.15, 0.2) is 0 Å². The summed E-state index contributed by atoms with van der Waals surface area (Å²) >= 11 is 0. The molecule has 0 amide bonds. The van der Waals surface area contributed by atoms with Crippen molar-refractivity contribution in [1.82, 2.24) is 5.48 Å². The minimum absolute atomic E-state index is 0.222. The molecule has 0 radical (unpaired) electrons. The monoisotopic (exact) mass is 145 g/mol. The van der Waals surface area contributed by atoms with Gasteiger partial charge in [0, 0.05) is 6.08 Å². The molecule has 4 nitrogen and oxygen atoms in total. The number of carbonyl (C=O) groups excluding carboxylic acids is 1. The van der Waals surface area contributed by atoms with E-state index < -0.39 is 12.1 Å². The van der Waals surface area contributed by atoms with Gasteiger partial charge in [-0.25, -0.2) is 4.79 Å². The number of hydrogen-bond acceptors (Lipinski definition) is 4. The van der Waals surface area contributed by atoms with Crippen molar-refractivity contribution in [3.8, 4) is 0 Å². The normalized spacial score (nSPS) is 12.2. The zero-order valence-electron chi connectivity index (χ0n) is 5.83. The third-order valence-corrected chi connectivity index (χ3v) is 0.718. The Morgan fingerprint density at radius 2 is 2.60 bits per heavy atom. The van der Waals surface area contributed by atoms with E-state index in [9.17, 15) is 4.79 Å². The molecule has 0 saturated heterocycles. The standard InChI is InChI=1S/C6H11NO3/c1-3-6(9)10-7-4-5(2)8/h3,5,7-8H,1,4H2,2H3. The van der Waals surface area contributed by atoms with Crippen molar-refractivity contribution < 1.29 is 14.7 Å². The molecule has 1 atom stereocenters.